The summed E-state index contributed by atoms with van der Waals surface area (Å²) >= 11 is 0. The van der Waals surface area contributed by atoms with E-state index >= 15 is 0 Å². The molecule has 1 amide bonds. The van der Waals surface area contributed by atoms with Crippen molar-refractivity contribution in [3.63, 3.8) is 0 Å². The highest BCUT2D eigenvalue weighted by atomic mass is 16.6. The van der Waals surface area contributed by atoms with E-state index < -0.39 is 0 Å². The van der Waals surface area contributed by atoms with Crippen LogP contribution in [0.5, 0.6) is 0 Å². The van der Waals surface area contributed by atoms with Crippen molar-refractivity contribution in [3.8, 4) is 0 Å². The first kappa shape index (κ1) is 12.6. The molecule has 0 aromatic heterocycles. The third-order valence-electron chi connectivity index (χ3n) is 2.40. The summed E-state index contributed by atoms with van der Waals surface area (Å²) in [5.74, 6) is 0. The minimum Gasteiger partial charge on any atom is -0.447 e. The van der Waals surface area contributed by atoms with E-state index in [0.717, 1.165) is 12.0 Å². The van der Waals surface area contributed by atoms with Crippen LogP contribution in [0.1, 0.15) is 31.4 Å². The molecule has 1 aromatic rings. The van der Waals surface area contributed by atoms with E-state index in [-0.39, 0.29) is 12.2 Å². The van der Waals surface area contributed by atoms with Gasteiger partial charge in [0, 0.05) is 6.54 Å². The first-order valence-electron chi connectivity index (χ1n) is 5.62. The van der Waals surface area contributed by atoms with Crippen LogP contribution in [-0.2, 0) is 11.3 Å². The molecule has 1 aromatic carbocycles. The predicted octanol–water partition coefficient (Wildman–Crippen LogP) is 3.02. The summed E-state index contributed by atoms with van der Waals surface area (Å²) in [5, 5.41) is 2.73. The Balaban J connectivity index is 2.37. The smallest absolute Gasteiger partial charge is 0.407 e. The molecule has 1 rings (SSSR count). The van der Waals surface area contributed by atoms with Crippen LogP contribution in [0.15, 0.2) is 24.3 Å². The van der Waals surface area contributed by atoms with Gasteiger partial charge in [-0.15, -0.1) is 0 Å². The largest absolute Gasteiger partial charge is 0.447 e. The lowest BCUT2D eigenvalue weighted by Gasteiger charge is -2.11. The number of hydrogen-bond acceptors (Lipinski definition) is 2. The lowest BCUT2D eigenvalue weighted by Crippen LogP contribution is -2.27. The third-order valence-corrected chi connectivity index (χ3v) is 2.40. The van der Waals surface area contributed by atoms with Gasteiger partial charge in [-0.2, -0.15) is 0 Å². The van der Waals surface area contributed by atoms with Gasteiger partial charge in [-0.3, -0.25) is 0 Å². The van der Waals surface area contributed by atoms with Gasteiger partial charge in [0.25, 0.3) is 0 Å². The van der Waals surface area contributed by atoms with E-state index in [1.807, 2.05) is 45.0 Å². The van der Waals surface area contributed by atoms with Gasteiger partial charge in [-0.1, -0.05) is 36.8 Å². The predicted molar refractivity (Wildman–Crippen MR) is 64.3 cm³/mol. The minimum atomic E-state index is -0.351. The van der Waals surface area contributed by atoms with Crippen LogP contribution in [0.4, 0.5) is 4.79 Å². The fourth-order valence-electron chi connectivity index (χ4n) is 1.30. The summed E-state index contributed by atoms with van der Waals surface area (Å²) < 4.78 is 5.10. The molecule has 1 atom stereocenters. The molecule has 0 saturated carbocycles. The Morgan fingerprint density at radius 3 is 2.88 bits per heavy atom. The summed E-state index contributed by atoms with van der Waals surface area (Å²) in [6.07, 6.45) is 0.450. The van der Waals surface area contributed by atoms with E-state index in [9.17, 15) is 4.79 Å². The second-order valence-electron chi connectivity index (χ2n) is 3.97. The van der Waals surface area contributed by atoms with Crippen molar-refractivity contribution in [1.29, 1.82) is 0 Å². The van der Waals surface area contributed by atoms with Crippen LogP contribution in [0, 0.1) is 6.92 Å². The Hall–Kier alpha value is -1.51. The summed E-state index contributed by atoms with van der Waals surface area (Å²) in [6.45, 7) is 6.41. The number of alkyl carbamates (subject to hydrolysis) is 1. The van der Waals surface area contributed by atoms with Gasteiger partial charge < -0.3 is 10.1 Å². The first-order chi connectivity index (χ1) is 7.61. The average molecular weight is 221 g/mol. The van der Waals surface area contributed by atoms with Crippen molar-refractivity contribution < 1.29 is 9.53 Å². The molecule has 88 valence electrons. The van der Waals surface area contributed by atoms with Gasteiger partial charge in [0.2, 0.25) is 0 Å². The summed E-state index contributed by atoms with van der Waals surface area (Å²) in [7, 11) is 0. The molecule has 0 aliphatic carbocycles. The van der Waals surface area contributed by atoms with Crippen LogP contribution in [0.25, 0.3) is 0 Å². The molecule has 0 fully saturated rings. The van der Waals surface area contributed by atoms with E-state index in [0.29, 0.717) is 6.54 Å². The average Bonchev–Trinajstić information content (AvgIpc) is 2.26. The zero-order chi connectivity index (χ0) is 12.0. The molecule has 0 aliphatic rings. The van der Waals surface area contributed by atoms with Gasteiger partial charge in [0.05, 0.1) is 0 Å². The van der Waals surface area contributed by atoms with Crippen molar-refractivity contribution >= 4 is 6.09 Å². The van der Waals surface area contributed by atoms with Crippen molar-refractivity contribution in [1.82, 2.24) is 5.32 Å². The van der Waals surface area contributed by atoms with Crippen LogP contribution < -0.4 is 5.32 Å². The van der Waals surface area contributed by atoms with Gasteiger partial charge in [-0.25, -0.2) is 4.79 Å². The van der Waals surface area contributed by atoms with E-state index in [1.54, 1.807) is 0 Å². The van der Waals surface area contributed by atoms with Crippen molar-refractivity contribution in [3.05, 3.63) is 35.4 Å². The van der Waals surface area contributed by atoms with Gasteiger partial charge in [0.1, 0.15) is 6.10 Å². The molecule has 1 N–H and O–H groups in total. The molecule has 3 heteroatoms. The molecule has 0 heterocycles. The maximum Gasteiger partial charge on any atom is 0.407 e. The second-order valence-corrected chi connectivity index (χ2v) is 3.97. The number of carbonyl (C=O) groups excluding carboxylic acids is 1. The number of nitrogens with one attached hydrogen (secondary N) is 1. The molecule has 3 nitrogen and oxygen atoms in total. The molecule has 0 saturated heterocycles. The summed E-state index contributed by atoms with van der Waals surface area (Å²) in [6, 6.07) is 8.04. The van der Waals surface area contributed by atoms with Crippen LogP contribution in [0.3, 0.4) is 0 Å². The van der Waals surface area contributed by atoms with Crippen LogP contribution in [0.2, 0.25) is 0 Å². The summed E-state index contributed by atoms with van der Waals surface area (Å²) in [5.41, 5.74) is 2.27. The normalized spacial score (nSPS) is 11.9. The fraction of sp³-hybridized carbons (Fsp3) is 0.462. The highest BCUT2D eigenvalue weighted by Crippen LogP contribution is 2.03. The Morgan fingerprint density at radius 2 is 2.25 bits per heavy atom. The number of amides is 1. The standard InChI is InChI=1S/C13H19NO2/c1-4-11(3)16-13(15)14-9-12-7-5-6-10(2)8-12/h5-8,11H,4,9H2,1-3H3,(H,14,15). The Labute approximate surface area is 96.8 Å². The molecule has 0 aliphatic heterocycles. The lowest BCUT2D eigenvalue weighted by atomic mass is 10.1. The SMILES string of the molecule is CCC(C)OC(=O)NCc1cccc(C)c1. The van der Waals surface area contributed by atoms with Crippen molar-refractivity contribution in [2.45, 2.75) is 39.8 Å². The molecule has 0 spiro atoms. The summed E-state index contributed by atoms with van der Waals surface area (Å²) in [4.78, 5) is 11.3. The highest BCUT2D eigenvalue weighted by Gasteiger charge is 2.06. The van der Waals surface area contributed by atoms with Gasteiger partial charge in [-0.05, 0) is 25.8 Å². The minimum absolute atomic E-state index is 0.0301. The highest BCUT2D eigenvalue weighted by molar-refractivity contribution is 5.67. The van der Waals surface area contributed by atoms with Gasteiger partial charge in [0.15, 0.2) is 0 Å². The second kappa shape index (κ2) is 6.16. The Morgan fingerprint density at radius 1 is 1.50 bits per heavy atom. The van der Waals surface area contributed by atoms with E-state index in [1.165, 1.54) is 5.56 Å². The molecular formula is C13H19NO2. The van der Waals surface area contributed by atoms with Crippen LogP contribution >= 0.6 is 0 Å². The Kier molecular flexibility index (Phi) is 4.83. The van der Waals surface area contributed by atoms with E-state index in [2.05, 4.69) is 5.32 Å². The van der Waals surface area contributed by atoms with Crippen molar-refractivity contribution in [2.75, 3.05) is 0 Å². The quantitative estimate of drug-likeness (QED) is 0.848. The number of hydrogen-bond donors (Lipinski definition) is 1. The zero-order valence-electron chi connectivity index (χ0n) is 10.1. The number of rotatable bonds is 4. The maximum absolute atomic E-state index is 11.3. The van der Waals surface area contributed by atoms with Gasteiger partial charge >= 0.3 is 6.09 Å². The maximum atomic E-state index is 11.3. The number of benzene rings is 1. The molecule has 16 heavy (non-hydrogen) atoms. The Bertz CT molecular complexity index is 350. The number of carbonyl (C=O) groups is 1. The van der Waals surface area contributed by atoms with E-state index in [4.69, 9.17) is 4.74 Å². The number of ether oxygens (including phenoxy) is 1. The third kappa shape index (κ3) is 4.34. The lowest BCUT2D eigenvalue weighted by molar-refractivity contribution is 0.104. The monoisotopic (exact) mass is 221 g/mol. The fourth-order valence-corrected chi connectivity index (χ4v) is 1.30. The molecule has 1 unspecified atom stereocenters. The molecule has 0 bridgehead atoms. The molecule has 0 radical (unpaired) electrons. The number of aryl methyl sites for hydroxylation is 1. The zero-order valence-corrected chi connectivity index (χ0v) is 10.1. The van der Waals surface area contributed by atoms with Crippen molar-refractivity contribution in [2.24, 2.45) is 0 Å². The van der Waals surface area contributed by atoms with Crippen LogP contribution in [-0.4, -0.2) is 12.2 Å². The topological polar surface area (TPSA) is 38.3 Å². The molecular weight excluding hydrogens is 202 g/mol. The first-order valence-corrected chi connectivity index (χ1v) is 5.62.